The smallest absolute Gasteiger partial charge is 0.268 e. The van der Waals surface area contributed by atoms with Crippen LogP contribution in [0.4, 0.5) is 5.13 Å². The molecule has 0 spiro atoms. The highest BCUT2D eigenvalue weighted by atomic mass is 32.1. The van der Waals surface area contributed by atoms with Gasteiger partial charge in [0.15, 0.2) is 5.13 Å². The molecule has 0 aliphatic heterocycles. The number of amides is 2. The molecule has 9 heteroatoms. The van der Waals surface area contributed by atoms with Gasteiger partial charge in [-0.2, -0.15) is 0 Å². The van der Waals surface area contributed by atoms with Gasteiger partial charge in [-0.3, -0.25) is 9.59 Å². The fourth-order valence-corrected chi connectivity index (χ4v) is 3.51. The van der Waals surface area contributed by atoms with Crippen LogP contribution in [0.1, 0.15) is 22.3 Å². The van der Waals surface area contributed by atoms with Crippen molar-refractivity contribution >= 4 is 39.2 Å². The van der Waals surface area contributed by atoms with Crippen LogP contribution in [0.5, 0.6) is 11.5 Å². The Morgan fingerprint density at radius 3 is 2.57 bits per heavy atom. The summed E-state index contributed by atoms with van der Waals surface area (Å²) in [5.41, 5.74) is 1.20. The van der Waals surface area contributed by atoms with Crippen molar-refractivity contribution in [3.8, 4) is 11.5 Å². The highest BCUT2D eigenvalue weighted by Gasteiger charge is 2.21. The van der Waals surface area contributed by atoms with Crippen molar-refractivity contribution in [1.29, 1.82) is 0 Å². The molecule has 0 saturated heterocycles. The molecule has 0 saturated carbocycles. The molecule has 3 aromatic rings. The molecule has 0 aliphatic rings. The predicted molar refractivity (Wildman–Crippen MR) is 108 cm³/mol. The van der Waals surface area contributed by atoms with Crippen molar-refractivity contribution in [3.63, 3.8) is 0 Å². The van der Waals surface area contributed by atoms with Crippen LogP contribution in [0, 0.1) is 6.92 Å². The summed E-state index contributed by atoms with van der Waals surface area (Å²) in [7, 11) is 4.91. The average molecular weight is 402 g/mol. The quantitative estimate of drug-likeness (QED) is 0.661. The largest absolute Gasteiger partial charge is 0.497 e. The normalized spacial score (nSPS) is 11.9. The first-order valence-electron chi connectivity index (χ1n) is 8.59. The average Bonchev–Trinajstić information content (AvgIpc) is 3.23. The van der Waals surface area contributed by atoms with Gasteiger partial charge in [0.25, 0.3) is 5.91 Å². The number of anilines is 1. The number of carbonyl (C=O) groups excluding carboxylic acids is 2. The third kappa shape index (κ3) is 3.79. The van der Waals surface area contributed by atoms with Crippen LogP contribution in [0.15, 0.2) is 24.4 Å². The van der Waals surface area contributed by atoms with Crippen molar-refractivity contribution in [3.05, 3.63) is 35.0 Å². The molecule has 0 fully saturated rings. The van der Waals surface area contributed by atoms with Crippen LogP contribution in [-0.2, 0) is 11.8 Å². The highest BCUT2D eigenvalue weighted by molar-refractivity contribution is 7.15. The molecule has 0 unspecified atom stereocenters. The minimum atomic E-state index is -0.730. The number of nitrogens with one attached hydrogen (secondary N) is 2. The molecule has 2 amide bonds. The first kappa shape index (κ1) is 19.7. The number of aromatic nitrogens is 2. The standard InChI is InChI=1S/C19H22N4O4S/c1-10-9-20-19(28-10)22-17(24)11(2)21-18(25)15-8-13-14(23(15)3)6-12(26-4)7-16(13)27-5/h6-9,11H,1-5H3,(H,21,25)(H,20,22,24)/t11-/m0/s1. The zero-order valence-corrected chi connectivity index (χ0v) is 17.1. The van der Waals surface area contributed by atoms with E-state index in [0.717, 1.165) is 15.8 Å². The Morgan fingerprint density at radius 1 is 1.21 bits per heavy atom. The Hall–Kier alpha value is -3.07. The maximum Gasteiger partial charge on any atom is 0.268 e. The van der Waals surface area contributed by atoms with Gasteiger partial charge < -0.3 is 24.7 Å². The van der Waals surface area contributed by atoms with Crippen LogP contribution in [0.25, 0.3) is 10.9 Å². The van der Waals surface area contributed by atoms with Crippen LogP contribution in [0.3, 0.4) is 0 Å². The number of thiazole rings is 1. The molecule has 8 nitrogen and oxygen atoms in total. The SMILES string of the molecule is COc1cc(OC)c2cc(C(=O)N[C@@H](C)C(=O)Nc3ncc(C)s3)n(C)c2c1. The second kappa shape index (κ2) is 7.89. The molecule has 148 valence electrons. The van der Waals surface area contributed by atoms with Gasteiger partial charge in [-0.05, 0) is 19.9 Å². The van der Waals surface area contributed by atoms with Crippen LogP contribution in [0.2, 0.25) is 0 Å². The molecule has 0 radical (unpaired) electrons. The lowest BCUT2D eigenvalue weighted by Crippen LogP contribution is -2.42. The van der Waals surface area contributed by atoms with Gasteiger partial charge in [0, 0.05) is 35.6 Å². The summed E-state index contributed by atoms with van der Waals surface area (Å²) in [5.74, 6) is 0.538. The van der Waals surface area contributed by atoms with E-state index in [1.54, 1.807) is 51.1 Å². The zero-order chi connectivity index (χ0) is 20.4. The minimum absolute atomic E-state index is 0.333. The molecule has 2 heterocycles. The zero-order valence-electron chi connectivity index (χ0n) is 16.3. The minimum Gasteiger partial charge on any atom is -0.497 e. The number of rotatable bonds is 6. The van der Waals surface area contributed by atoms with Gasteiger partial charge in [-0.25, -0.2) is 4.98 Å². The third-order valence-electron chi connectivity index (χ3n) is 4.38. The number of carbonyl (C=O) groups is 2. The van der Waals surface area contributed by atoms with E-state index in [1.807, 2.05) is 13.0 Å². The molecular formula is C19H22N4O4S. The summed E-state index contributed by atoms with van der Waals surface area (Å²) in [5, 5.41) is 6.72. The Labute approximate surface area is 166 Å². The highest BCUT2D eigenvalue weighted by Crippen LogP contribution is 2.33. The third-order valence-corrected chi connectivity index (χ3v) is 5.21. The summed E-state index contributed by atoms with van der Waals surface area (Å²) in [4.78, 5) is 30.2. The summed E-state index contributed by atoms with van der Waals surface area (Å²) in [6, 6.07) is 4.59. The lowest BCUT2D eigenvalue weighted by Gasteiger charge is -2.13. The van der Waals surface area contributed by atoms with Gasteiger partial charge >= 0.3 is 0 Å². The summed E-state index contributed by atoms with van der Waals surface area (Å²) < 4.78 is 12.4. The fourth-order valence-electron chi connectivity index (χ4n) is 2.84. The number of aryl methyl sites for hydroxylation is 2. The number of fused-ring (bicyclic) bond motifs is 1. The molecule has 0 bridgehead atoms. The predicted octanol–water partition coefficient (Wildman–Crippen LogP) is 2.72. The summed E-state index contributed by atoms with van der Waals surface area (Å²) in [6.45, 7) is 3.53. The molecule has 2 aromatic heterocycles. The second-order valence-corrected chi connectivity index (χ2v) is 7.55. The number of hydrogen-bond donors (Lipinski definition) is 2. The molecule has 0 aliphatic carbocycles. The maximum absolute atomic E-state index is 12.8. The second-order valence-electron chi connectivity index (χ2n) is 6.31. The molecule has 1 atom stereocenters. The van der Waals surface area contributed by atoms with Crippen molar-refractivity contribution in [2.24, 2.45) is 7.05 Å². The van der Waals surface area contributed by atoms with Gasteiger partial charge in [-0.15, -0.1) is 11.3 Å². The molecule has 2 N–H and O–H groups in total. The van der Waals surface area contributed by atoms with Gasteiger partial charge in [0.1, 0.15) is 23.2 Å². The first-order valence-corrected chi connectivity index (χ1v) is 9.41. The van der Waals surface area contributed by atoms with E-state index >= 15 is 0 Å². The number of ether oxygens (including phenoxy) is 2. The lowest BCUT2D eigenvalue weighted by molar-refractivity contribution is -0.117. The molecule has 3 rings (SSSR count). The van der Waals surface area contributed by atoms with E-state index in [2.05, 4.69) is 15.6 Å². The van der Waals surface area contributed by atoms with Crippen molar-refractivity contribution < 1.29 is 19.1 Å². The van der Waals surface area contributed by atoms with Crippen molar-refractivity contribution in [2.45, 2.75) is 19.9 Å². The number of hydrogen-bond acceptors (Lipinski definition) is 6. The Kier molecular flexibility index (Phi) is 5.55. The van der Waals surface area contributed by atoms with E-state index < -0.39 is 6.04 Å². The fraction of sp³-hybridized carbons (Fsp3) is 0.316. The number of nitrogens with zero attached hydrogens (tertiary/aromatic N) is 2. The molecule has 1 aromatic carbocycles. The van der Waals surface area contributed by atoms with Crippen LogP contribution in [-0.4, -0.2) is 41.6 Å². The Bertz CT molecular complexity index is 1040. The van der Waals surface area contributed by atoms with E-state index in [1.165, 1.54) is 11.3 Å². The van der Waals surface area contributed by atoms with Gasteiger partial charge in [-0.1, -0.05) is 0 Å². The maximum atomic E-state index is 12.8. The molecular weight excluding hydrogens is 380 g/mol. The van der Waals surface area contributed by atoms with Gasteiger partial charge in [0.2, 0.25) is 5.91 Å². The van der Waals surface area contributed by atoms with Crippen molar-refractivity contribution in [2.75, 3.05) is 19.5 Å². The Balaban J connectivity index is 1.81. The Morgan fingerprint density at radius 2 is 1.96 bits per heavy atom. The topological polar surface area (TPSA) is 94.5 Å². The first-order chi connectivity index (χ1) is 13.3. The van der Waals surface area contributed by atoms with Crippen molar-refractivity contribution in [1.82, 2.24) is 14.9 Å². The summed E-state index contributed by atoms with van der Waals surface area (Å²) >= 11 is 1.38. The summed E-state index contributed by atoms with van der Waals surface area (Å²) in [6.07, 6.45) is 1.68. The molecule has 28 heavy (non-hydrogen) atoms. The van der Waals surface area contributed by atoms with E-state index in [0.29, 0.717) is 22.3 Å². The lowest BCUT2D eigenvalue weighted by atomic mass is 10.2. The van der Waals surface area contributed by atoms with Crippen LogP contribution < -0.4 is 20.1 Å². The number of methoxy groups -OCH3 is 2. The van der Waals surface area contributed by atoms with E-state index in [-0.39, 0.29) is 11.8 Å². The monoisotopic (exact) mass is 402 g/mol. The van der Waals surface area contributed by atoms with Gasteiger partial charge in [0.05, 0.1) is 19.7 Å². The van der Waals surface area contributed by atoms with E-state index in [9.17, 15) is 9.59 Å². The number of benzene rings is 1. The van der Waals surface area contributed by atoms with Crippen LogP contribution >= 0.6 is 11.3 Å². The van der Waals surface area contributed by atoms with E-state index in [4.69, 9.17) is 9.47 Å².